The largest absolute Gasteiger partial charge is 0.383 e. The molecule has 0 aliphatic heterocycles. The number of carbonyl (C=O) groups excluding carboxylic acids is 1. The number of amides is 1. The average molecular weight is 386 g/mol. The maximum Gasteiger partial charge on any atom is 0.253 e. The van der Waals surface area contributed by atoms with Crippen LogP contribution >= 0.6 is 11.6 Å². The van der Waals surface area contributed by atoms with Crippen LogP contribution in [0.4, 0.5) is 8.78 Å². The van der Waals surface area contributed by atoms with Crippen LogP contribution in [0.3, 0.4) is 0 Å². The molecule has 0 unspecified atom stereocenters. The van der Waals surface area contributed by atoms with Gasteiger partial charge in [-0.05, 0) is 24.8 Å². The average Bonchev–Trinajstić information content (AvgIpc) is 2.99. The summed E-state index contributed by atoms with van der Waals surface area (Å²) >= 11 is 6.29. The Kier molecular flexibility index (Phi) is 5.77. The Morgan fingerprint density at radius 1 is 1.46 bits per heavy atom. The van der Waals surface area contributed by atoms with Crippen molar-refractivity contribution < 1.29 is 18.3 Å². The summed E-state index contributed by atoms with van der Waals surface area (Å²) < 4.78 is 33.4. The van der Waals surface area contributed by atoms with Crippen LogP contribution in [0.25, 0.3) is 11.0 Å². The molecule has 1 amide bonds. The highest BCUT2D eigenvalue weighted by atomic mass is 35.5. The van der Waals surface area contributed by atoms with Crippen molar-refractivity contribution >= 4 is 28.5 Å². The third-order valence-corrected chi connectivity index (χ3v) is 5.19. The van der Waals surface area contributed by atoms with Crippen LogP contribution in [-0.4, -0.2) is 41.6 Å². The van der Waals surface area contributed by atoms with Gasteiger partial charge in [0.2, 0.25) is 5.92 Å². The monoisotopic (exact) mass is 385 g/mol. The number of ether oxygens (including phenoxy) is 1. The molecule has 3 rings (SSSR count). The van der Waals surface area contributed by atoms with Crippen LogP contribution in [0.2, 0.25) is 5.02 Å². The van der Waals surface area contributed by atoms with Crippen LogP contribution in [0, 0.1) is 5.92 Å². The van der Waals surface area contributed by atoms with Gasteiger partial charge in [0.25, 0.3) is 5.91 Å². The molecule has 0 saturated heterocycles. The highest BCUT2D eigenvalue weighted by molar-refractivity contribution is 6.36. The van der Waals surface area contributed by atoms with Gasteiger partial charge in [0.1, 0.15) is 5.65 Å². The van der Waals surface area contributed by atoms with E-state index < -0.39 is 5.92 Å². The van der Waals surface area contributed by atoms with Gasteiger partial charge >= 0.3 is 0 Å². The molecule has 1 saturated carbocycles. The molecule has 0 spiro atoms. The van der Waals surface area contributed by atoms with Crippen LogP contribution < -0.4 is 5.32 Å². The first-order valence-electron chi connectivity index (χ1n) is 8.69. The van der Waals surface area contributed by atoms with Gasteiger partial charge in [-0.3, -0.25) is 4.79 Å². The Bertz CT molecular complexity index is 784. The van der Waals surface area contributed by atoms with Crippen molar-refractivity contribution in [2.75, 3.05) is 20.3 Å². The summed E-state index contributed by atoms with van der Waals surface area (Å²) in [7, 11) is 1.60. The number of hydrogen-bond donors (Lipinski definition) is 1. The molecule has 1 N–H and O–H groups in total. The third-order valence-electron chi connectivity index (χ3n) is 4.88. The van der Waals surface area contributed by atoms with Gasteiger partial charge in [0.15, 0.2) is 0 Å². The van der Waals surface area contributed by atoms with E-state index in [-0.39, 0.29) is 24.7 Å². The van der Waals surface area contributed by atoms with Gasteiger partial charge in [0, 0.05) is 45.4 Å². The minimum atomic E-state index is -2.56. The molecule has 1 aliphatic carbocycles. The van der Waals surface area contributed by atoms with Crippen molar-refractivity contribution in [3.05, 3.63) is 29.0 Å². The molecule has 1 fully saturated rings. The van der Waals surface area contributed by atoms with Crippen LogP contribution in [0.1, 0.15) is 36.0 Å². The minimum absolute atomic E-state index is 0.0778. The molecule has 0 radical (unpaired) electrons. The quantitative estimate of drug-likeness (QED) is 0.820. The second kappa shape index (κ2) is 7.88. The van der Waals surface area contributed by atoms with Crippen molar-refractivity contribution in [3.8, 4) is 0 Å². The number of alkyl halides is 2. The Hall–Kier alpha value is -1.73. The summed E-state index contributed by atoms with van der Waals surface area (Å²) in [5, 5.41) is 3.92. The lowest BCUT2D eigenvalue weighted by atomic mass is 9.87. The molecule has 26 heavy (non-hydrogen) atoms. The first-order chi connectivity index (χ1) is 12.4. The fourth-order valence-corrected chi connectivity index (χ4v) is 3.59. The maximum absolute atomic E-state index is 13.2. The maximum atomic E-state index is 13.2. The normalized spacial score (nSPS) is 17.5. The fourth-order valence-electron chi connectivity index (χ4n) is 3.34. The summed E-state index contributed by atoms with van der Waals surface area (Å²) in [6.45, 7) is 1.41. The molecule has 2 aromatic heterocycles. The molecule has 8 heteroatoms. The highest BCUT2D eigenvalue weighted by Gasteiger charge is 2.34. The lowest BCUT2D eigenvalue weighted by Crippen LogP contribution is -2.33. The van der Waals surface area contributed by atoms with E-state index in [0.29, 0.717) is 54.2 Å². The lowest BCUT2D eigenvalue weighted by Gasteiger charge is -2.28. The molecule has 2 heterocycles. The van der Waals surface area contributed by atoms with Crippen LogP contribution in [0.5, 0.6) is 0 Å². The van der Waals surface area contributed by atoms with Crippen molar-refractivity contribution in [3.63, 3.8) is 0 Å². The first-order valence-corrected chi connectivity index (χ1v) is 9.07. The minimum Gasteiger partial charge on any atom is -0.383 e. The van der Waals surface area contributed by atoms with Gasteiger partial charge in [-0.2, -0.15) is 0 Å². The predicted molar refractivity (Wildman–Crippen MR) is 95.9 cm³/mol. The first kappa shape index (κ1) is 19.0. The van der Waals surface area contributed by atoms with E-state index in [1.165, 1.54) is 0 Å². The Morgan fingerprint density at radius 2 is 2.19 bits per heavy atom. The van der Waals surface area contributed by atoms with Crippen molar-refractivity contribution in [2.24, 2.45) is 5.92 Å². The molecular formula is C18H22ClF2N3O2. The molecule has 2 aromatic rings. The molecule has 1 aliphatic rings. The van der Waals surface area contributed by atoms with Crippen molar-refractivity contribution in [2.45, 2.75) is 38.2 Å². The summed E-state index contributed by atoms with van der Waals surface area (Å²) in [6, 6.07) is 1.64. The molecule has 5 nitrogen and oxygen atoms in total. The van der Waals surface area contributed by atoms with E-state index in [9.17, 15) is 13.6 Å². The number of carbonyl (C=O) groups is 1. The number of nitrogens with zero attached hydrogens (tertiary/aromatic N) is 2. The summed E-state index contributed by atoms with van der Waals surface area (Å²) in [6.07, 6.45) is 3.93. The van der Waals surface area contributed by atoms with E-state index in [0.717, 1.165) is 0 Å². The molecule has 0 bridgehead atoms. The smallest absolute Gasteiger partial charge is 0.253 e. The molecule has 142 valence electrons. The standard InChI is InChI=1S/C18H22ClF2N3O2/c1-26-9-8-24-11-13(15-14(19)4-7-22-16(15)24)17(25)23-10-12-2-5-18(20,21)6-3-12/h4,7,11-12H,2-3,5-6,8-10H2,1H3,(H,23,25). The van der Waals surface area contributed by atoms with Gasteiger partial charge in [0.05, 0.1) is 22.6 Å². The molecule has 0 aromatic carbocycles. The zero-order valence-electron chi connectivity index (χ0n) is 14.6. The number of fused-ring (bicyclic) bond motifs is 1. The summed E-state index contributed by atoms with van der Waals surface area (Å²) in [4.78, 5) is 17.0. The summed E-state index contributed by atoms with van der Waals surface area (Å²) in [5.74, 6) is -2.75. The number of methoxy groups -OCH3 is 1. The predicted octanol–water partition coefficient (Wildman–Crippen LogP) is 3.89. The summed E-state index contributed by atoms with van der Waals surface area (Å²) in [5.41, 5.74) is 1.06. The number of hydrogen-bond acceptors (Lipinski definition) is 3. The topological polar surface area (TPSA) is 56.1 Å². The van der Waals surface area contributed by atoms with E-state index in [4.69, 9.17) is 16.3 Å². The van der Waals surface area contributed by atoms with Gasteiger partial charge in [-0.25, -0.2) is 13.8 Å². The zero-order chi connectivity index (χ0) is 18.7. The second-order valence-corrected chi connectivity index (χ2v) is 7.14. The van der Waals surface area contributed by atoms with Gasteiger partial charge in [-0.15, -0.1) is 0 Å². The van der Waals surface area contributed by atoms with E-state index in [1.807, 2.05) is 4.57 Å². The second-order valence-electron chi connectivity index (χ2n) is 6.73. The number of nitrogens with one attached hydrogen (secondary N) is 1. The zero-order valence-corrected chi connectivity index (χ0v) is 15.4. The molecule has 0 atom stereocenters. The van der Waals surface area contributed by atoms with Crippen molar-refractivity contribution in [1.82, 2.24) is 14.9 Å². The van der Waals surface area contributed by atoms with E-state index >= 15 is 0 Å². The number of halogens is 3. The highest BCUT2D eigenvalue weighted by Crippen LogP contribution is 2.36. The third kappa shape index (κ3) is 4.15. The van der Waals surface area contributed by atoms with E-state index in [2.05, 4.69) is 10.3 Å². The Morgan fingerprint density at radius 3 is 2.88 bits per heavy atom. The fraction of sp³-hybridized carbons (Fsp3) is 0.556. The van der Waals surface area contributed by atoms with E-state index in [1.54, 1.807) is 25.6 Å². The number of rotatable bonds is 6. The van der Waals surface area contributed by atoms with Crippen molar-refractivity contribution in [1.29, 1.82) is 0 Å². The SMILES string of the molecule is COCCn1cc(C(=O)NCC2CCC(F)(F)CC2)c2c(Cl)ccnc21. The molecular weight excluding hydrogens is 364 g/mol. The van der Waals surface area contributed by atoms with Crippen LogP contribution in [0.15, 0.2) is 18.5 Å². The number of aromatic nitrogens is 2. The lowest BCUT2D eigenvalue weighted by molar-refractivity contribution is -0.0452. The van der Waals surface area contributed by atoms with Gasteiger partial charge < -0.3 is 14.6 Å². The Labute approximate surface area is 155 Å². The van der Waals surface area contributed by atoms with Gasteiger partial charge in [-0.1, -0.05) is 11.6 Å². The van der Waals surface area contributed by atoms with Crippen LogP contribution in [-0.2, 0) is 11.3 Å². The number of pyridine rings is 1. The Balaban J connectivity index is 1.73.